The van der Waals surface area contributed by atoms with Crippen LogP contribution in [0.25, 0.3) is 0 Å². The Bertz CT molecular complexity index is 921. The number of halogens is 1. The number of hydrogen-bond donors (Lipinski definition) is 3. The van der Waals surface area contributed by atoms with Gasteiger partial charge in [0.25, 0.3) is 0 Å². The van der Waals surface area contributed by atoms with E-state index in [2.05, 4.69) is 10.6 Å². The Morgan fingerprint density at radius 3 is 2.76 bits per heavy atom. The molecule has 3 N–H and O–H groups in total. The van der Waals surface area contributed by atoms with Gasteiger partial charge in [0, 0.05) is 25.1 Å². The third-order valence-corrected chi connectivity index (χ3v) is 6.29. The van der Waals surface area contributed by atoms with Crippen LogP contribution in [0.5, 0.6) is 0 Å². The Kier molecular flexibility index (Phi) is 4.84. The molecule has 2 saturated heterocycles. The van der Waals surface area contributed by atoms with E-state index in [-0.39, 0.29) is 26.0 Å². The lowest BCUT2D eigenvalue weighted by Gasteiger charge is -2.29. The zero-order valence-electron chi connectivity index (χ0n) is 15.6. The van der Waals surface area contributed by atoms with Gasteiger partial charge in [-0.05, 0) is 12.5 Å². The summed E-state index contributed by atoms with van der Waals surface area (Å²) in [4.78, 5) is 51.7. The van der Waals surface area contributed by atoms with Crippen LogP contribution in [0.15, 0.2) is 18.2 Å². The fourth-order valence-corrected chi connectivity index (χ4v) is 5.01. The van der Waals surface area contributed by atoms with E-state index in [1.165, 1.54) is 7.11 Å². The number of anilines is 1. The number of imide groups is 1. The van der Waals surface area contributed by atoms with Crippen molar-refractivity contribution in [3.63, 3.8) is 0 Å². The molecule has 9 nitrogen and oxygen atoms in total. The predicted molar refractivity (Wildman–Crippen MR) is 101 cm³/mol. The van der Waals surface area contributed by atoms with E-state index in [9.17, 15) is 19.2 Å². The SMILES string of the molecule is COCCN1C(=O)[C@H]2[C@@H](C1=O)[C@@]1(N[C@@H]2CCC(=O)O)C(=O)Nc2c(Cl)cccc21. The first kappa shape index (κ1) is 19.8. The molecule has 4 atom stereocenters. The molecule has 0 radical (unpaired) electrons. The summed E-state index contributed by atoms with van der Waals surface area (Å²) in [7, 11) is 1.47. The van der Waals surface area contributed by atoms with Crippen LogP contribution in [-0.2, 0) is 29.5 Å². The van der Waals surface area contributed by atoms with Gasteiger partial charge >= 0.3 is 5.97 Å². The second kappa shape index (κ2) is 7.08. The lowest BCUT2D eigenvalue weighted by atomic mass is 9.76. The summed E-state index contributed by atoms with van der Waals surface area (Å²) in [5, 5.41) is 15.3. The number of likely N-dealkylation sites (tertiary alicyclic amines) is 1. The molecule has 3 aliphatic rings. The summed E-state index contributed by atoms with van der Waals surface area (Å²) < 4.78 is 5.00. The molecule has 0 aliphatic carbocycles. The fraction of sp³-hybridized carbons (Fsp3) is 0.474. The number of rotatable bonds is 6. The van der Waals surface area contributed by atoms with Crippen LogP contribution >= 0.6 is 11.6 Å². The van der Waals surface area contributed by atoms with Crippen molar-refractivity contribution in [1.82, 2.24) is 10.2 Å². The average molecular weight is 422 g/mol. The molecule has 2 fully saturated rings. The second-order valence-electron chi connectivity index (χ2n) is 7.43. The van der Waals surface area contributed by atoms with Crippen molar-refractivity contribution in [3.8, 4) is 0 Å². The van der Waals surface area contributed by atoms with E-state index in [4.69, 9.17) is 21.4 Å². The topological polar surface area (TPSA) is 125 Å². The molecule has 29 heavy (non-hydrogen) atoms. The Labute approximate surface area is 171 Å². The number of amides is 3. The van der Waals surface area contributed by atoms with Crippen molar-refractivity contribution >= 4 is 41.0 Å². The number of nitrogens with zero attached hydrogens (tertiary/aromatic N) is 1. The Morgan fingerprint density at radius 1 is 1.31 bits per heavy atom. The number of aliphatic carboxylic acids is 1. The number of hydrogen-bond acceptors (Lipinski definition) is 6. The van der Waals surface area contributed by atoms with Crippen molar-refractivity contribution in [2.75, 3.05) is 25.6 Å². The van der Waals surface area contributed by atoms with E-state index in [0.29, 0.717) is 16.3 Å². The van der Waals surface area contributed by atoms with Gasteiger partial charge in [0.1, 0.15) is 5.54 Å². The highest BCUT2D eigenvalue weighted by atomic mass is 35.5. The van der Waals surface area contributed by atoms with Gasteiger partial charge in [0.15, 0.2) is 0 Å². The van der Waals surface area contributed by atoms with Crippen molar-refractivity contribution < 1.29 is 29.0 Å². The lowest BCUT2D eigenvalue weighted by Crippen LogP contribution is -2.53. The van der Waals surface area contributed by atoms with Crippen molar-refractivity contribution in [2.45, 2.75) is 24.4 Å². The quantitative estimate of drug-likeness (QED) is 0.573. The number of benzene rings is 1. The number of ether oxygens (including phenoxy) is 1. The monoisotopic (exact) mass is 421 g/mol. The van der Waals surface area contributed by atoms with Gasteiger partial charge in [-0.15, -0.1) is 0 Å². The van der Waals surface area contributed by atoms with Crippen LogP contribution in [0, 0.1) is 11.8 Å². The summed E-state index contributed by atoms with van der Waals surface area (Å²) in [5.74, 6) is -4.19. The zero-order chi connectivity index (χ0) is 20.9. The molecule has 1 aromatic rings. The molecule has 0 saturated carbocycles. The van der Waals surface area contributed by atoms with Crippen molar-refractivity contribution in [2.24, 2.45) is 11.8 Å². The minimum absolute atomic E-state index is 0.0763. The smallest absolute Gasteiger partial charge is 0.303 e. The van der Waals surface area contributed by atoms with Crippen molar-refractivity contribution in [3.05, 3.63) is 28.8 Å². The third-order valence-electron chi connectivity index (χ3n) is 5.98. The summed E-state index contributed by atoms with van der Waals surface area (Å²) in [6, 6.07) is 4.35. The van der Waals surface area contributed by atoms with Crippen LogP contribution in [-0.4, -0.2) is 60.0 Å². The zero-order valence-corrected chi connectivity index (χ0v) is 16.4. The van der Waals surface area contributed by atoms with E-state index in [1.807, 2.05) is 0 Å². The van der Waals surface area contributed by atoms with Crippen LogP contribution < -0.4 is 10.6 Å². The highest BCUT2D eigenvalue weighted by molar-refractivity contribution is 6.35. The van der Waals surface area contributed by atoms with E-state index < -0.39 is 47.1 Å². The molecule has 0 aromatic heterocycles. The number of para-hydroxylation sites is 1. The number of carbonyl (C=O) groups excluding carboxylic acids is 3. The Hall–Kier alpha value is -2.49. The summed E-state index contributed by atoms with van der Waals surface area (Å²) >= 11 is 6.24. The van der Waals surface area contributed by atoms with E-state index in [0.717, 1.165) is 4.90 Å². The maximum atomic E-state index is 13.3. The Morgan fingerprint density at radius 2 is 2.07 bits per heavy atom. The normalized spacial score (nSPS) is 30.1. The first-order chi connectivity index (χ1) is 13.8. The number of carbonyl (C=O) groups is 4. The molecule has 1 spiro atoms. The van der Waals surface area contributed by atoms with Gasteiger partial charge in [-0.1, -0.05) is 23.7 Å². The number of nitrogens with one attached hydrogen (secondary N) is 2. The molecule has 4 rings (SSSR count). The predicted octanol–water partition coefficient (Wildman–Crippen LogP) is 0.572. The summed E-state index contributed by atoms with van der Waals surface area (Å²) in [6.45, 7) is 0.249. The van der Waals surface area contributed by atoms with Crippen LogP contribution in [0.4, 0.5) is 5.69 Å². The third kappa shape index (κ3) is 2.76. The maximum Gasteiger partial charge on any atom is 0.303 e. The van der Waals surface area contributed by atoms with Gasteiger partial charge in [0.2, 0.25) is 17.7 Å². The fourth-order valence-electron chi connectivity index (χ4n) is 4.78. The number of fused-ring (bicyclic) bond motifs is 4. The average Bonchev–Trinajstić information content (AvgIpc) is 3.25. The first-order valence-electron chi connectivity index (χ1n) is 9.27. The first-order valence-corrected chi connectivity index (χ1v) is 9.64. The molecule has 3 aliphatic heterocycles. The van der Waals surface area contributed by atoms with Gasteiger partial charge in [-0.3, -0.25) is 29.4 Å². The van der Waals surface area contributed by atoms with Gasteiger partial charge in [0.05, 0.1) is 35.7 Å². The summed E-state index contributed by atoms with van der Waals surface area (Å²) in [6.07, 6.45) is -0.0842. The molecule has 1 aromatic carbocycles. The minimum atomic E-state index is -1.47. The van der Waals surface area contributed by atoms with Crippen molar-refractivity contribution in [1.29, 1.82) is 0 Å². The molecular formula is C19H20ClN3O6. The number of carboxylic acid groups (broad SMARTS) is 1. The van der Waals surface area contributed by atoms with Gasteiger partial charge in [-0.2, -0.15) is 0 Å². The molecule has 10 heteroatoms. The molecule has 3 amide bonds. The molecule has 3 heterocycles. The summed E-state index contributed by atoms with van der Waals surface area (Å²) in [5.41, 5.74) is -0.569. The highest BCUT2D eigenvalue weighted by Gasteiger charge is 2.70. The largest absolute Gasteiger partial charge is 0.481 e. The van der Waals surface area contributed by atoms with Gasteiger partial charge < -0.3 is 15.2 Å². The number of carboxylic acids is 1. The van der Waals surface area contributed by atoms with Crippen LogP contribution in [0.3, 0.4) is 0 Å². The molecule has 0 unspecified atom stereocenters. The van der Waals surface area contributed by atoms with Gasteiger partial charge in [-0.25, -0.2) is 0 Å². The minimum Gasteiger partial charge on any atom is -0.481 e. The van der Waals surface area contributed by atoms with E-state index >= 15 is 0 Å². The van der Waals surface area contributed by atoms with Crippen LogP contribution in [0.2, 0.25) is 5.02 Å². The lowest BCUT2D eigenvalue weighted by molar-refractivity contribution is -0.144. The Balaban J connectivity index is 1.81. The molecule has 154 valence electrons. The maximum absolute atomic E-state index is 13.3. The second-order valence-corrected chi connectivity index (χ2v) is 7.84. The number of methoxy groups -OCH3 is 1. The standard InChI is InChI=1S/C19H20ClN3O6/c1-29-8-7-23-16(26)13-11(5-6-12(24)25)22-19(14(13)17(23)27)9-3-2-4-10(20)15(9)21-18(19)28/h2-4,11,13-14,22H,5-8H2,1H3,(H,21,28)(H,24,25)/t11-,13-,14+,19-/m1/s1. The molecular weight excluding hydrogens is 402 g/mol. The molecule has 0 bridgehead atoms. The van der Waals surface area contributed by atoms with Crippen LogP contribution in [0.1, 0.15) is 18.4 Å². The highest BCUT2D eigenvalue weighted by Crippen LogP contribution is 2.54. The van der Waals surface area contributed by atoms with E-state index in [1.54, 1.807) is 18.2 Å².